The number of carboxylic acids is 1. The predicted octanol–water partition coefficient (Wildman–Crippen LogP) is 1.94. The second-order valence-corrected chi connectivity index (χ2v) is 3.42. The minimum atomic E-state index is -2.89. The second kappa shape index (κ2) is 4.63. The third-order valence-corrected chi connectivity index (χ3v) is 2.49. The first-order chi connectivity index (χ1) is 6.99. The molecule has 1 rings (SSSR count). The number of alkyl halides is 2. The van der Waals surface area contributed by atoms with Gasteiger partial charge in [0.25, 0.3) is 6.43 Å². The van der Waals surface area contributed by atoms with Crippen LogP contribution in [0.1, 0.15) is 27.9 Å². The maximum atomic E-state index is 12.5. The number of carbonyl (C=O) groups is 1. The van der Waals surface area contributed by atoms with Gasteiger partial charge in [0.2, 0.25) is 0 Å². The molecule has 0 aliphatic carbocycles. The zero-order valence-corrected chi connectivity index (χ0v) is 8.96. The molecular weight excluding hydrogens is 274 g/mol. The van der Waals surface area contributed by atoms with Crippen molar-refractivity contribution in [2.45, 2.75) is 13.0 Å². The van der Waals surface area contributed by atoms with Crippen molar-refractivity contribution in [2.75, 3.05) is 0 Å². The lowest BCUT2D eigenvalue weighted by molar-refractivity contribution is 0.0682. The van der Waals surface area contributed by atoms with Crippen LogP contribution in [0.2, 0.25) is 0 Å². The van der Waals surface area contributed by atoms with Gasteiger partial charge in [-0.05, 0) is 15.9 Å². The number of carboxylic acid groups (broad SMARTS) is 1. The van der Waals surface area contributed by atoms with E-state index in [4.69, 9.17) is 10.8 Å². The van der Waals surface area contributed by atoms with Crippen LogP contribution >= 0.6 is 15.9 Å². The normalized spacial score (nSPS) is 10.7. The highest BCUT2D eigenvalue weighted by atomic mass is 79.9. The topological polar surface area (TPSA) is 76.2 Å². The molecule has 0 amide bonds. The van der Waals surface area contributed by atoms with Gasteiger partial charge in [0, 0.05) is 18.3 Å². The van der Waals surface area contributed by atoms with E-state index in [1.165, 1.54) is 0 Å². The van der Waals surface area contributed by atoms with E-state index in [9.17, 15) is 13.6 Å². The minimum Gasteiger partial charge on any atom is -0.478 e. The number of pyridine rings is 1. The Labute approximate surface area is 92.2 Å². The van der Waals surface area contributed by atoms with Crippen molar-refractivity contribution in [3.63, 3.8) is 0 Å². The van der Waals surface area contributed by atoms with Gasteiger partial charge < -0.3 is 10.8 Å². The lowest BCUT2D eigenvalue weighted by Crippen LogP contribution is -2.12. The van der Waals surface area contributed by atoms with Gasteiger partial charge in [-0.25, -0.2) is 18.6 Å². The maximum Gasteiger partial charge on any atom is 0.336 e. The molecule has 3 N–H and O–H groups in total. The second-order valence-electron chi connectivity index (χ2n) is 2.67. The molecule has 0 fully saturated rings. The number of halogens is 3. The van der Waals surface area contributed by atoms with Crippen molar-refractivity contribution in [2.24, 2.45) is 5.73 Å². The summed E-state index contributed by atoms with van der Waals surface area (Å²) in [7, 11) is 0. The quantitative estimate of drug-likeness (QED) is 0.830. The molecule has 0 spiro atoms. The molecule has 0 unspecified atom stereocenters. The Bertz CT molecular complexity index is 398. The molecule has 7 heteroatoms. The van der Waals surface area contributed by atoms with Crippen LogP contribution in [-0.2, 0) is 6.54 Å². The van der Waals surface area contributed by atoms with Crippen LogP contribution in [0.3, 0.4) is 0 Å². The lowest BCUT2D eigenvalue weighted by atomic mass is 10.1. The van der Waals surface area contributed by atoms with E-state index >= 15 is 0 Å². The highest BCUT2D eigenvalue weighted by molar-refractivity contribution is 9.10. The first-order valence-corrected chi connectivity index (χ1v) is 4.67. The van der Waals surface area contributed by atoms with Crippen LogP contribution in [0.5, 0.6) is 0 Å². The average Bonchev–Trinajstić information content (AvgIpc) is 2.16. The summed E-state index contributed by atoms with van der Waals surface area (Å²) in [6.07, 6.45) is -2.06. The van der Waals surface area contributed by atoms with Crippen molar-refractivity contribution in [1.29, 1.82) is 0 Å². The van der Waals surface area contributed by atoms with Gasteiger partial charge in [0.1, 0.15) is 4.60 Å². The Kier molecular flexibility index (Phi) is 3.70. The van der Waals surface area contributed by atoms with Crippen LogP contribution in [0.25, 0.3) is 0 Å². The van der Waals surface area contributed by atoms with Crippen LogP contribution in [0.4, 0.5) is 8.78 Å². The molecule has 82 valence electrons. The van der Waals surface area contributed by atoms with Crippen molar-refractivity contribution in [3.05, 3.63) is 27.5 Å². The first-order valence-electron chi connectivity index (χ1n) is 3.87. The van der Waals surface area contributed by atoms with Crippen LogP contribution in [0.15, 0.2) is 10.8 Å². The van der Waals surface area contributed by atoms with Gasteiger partial charge in [0.05, 0.1) is 11.1 Å². The van der Waals surface area contributed by atoms with E-state index < -0.39 is 23.5 Å². The summed E-state index contributed by atoms with van der Waals surface area (Å²) in [5, 5.41) is 8.81. The van der Waals surface area contributed by atoms with Gasteiger partial charge in [-0.2, -0.15) is 0 Å². The average molecular weight is 281 g/mol. The van der Waals surface area contributed by atoms with Crippen LogP contribution in [0, 0.1) is 0 Å². The molecule has 0 radical (unpaired) electrons. The largest absolute Gasteiger partial charge is 0.478 e. The molecule has 0 saturated carbocycles. The smallest absolute Gasteiger partial charge is 0.336 e. The summed E-state index contributed by atoms with van der Waals surface area (Å²) >= 11 is 2.96. The van der Waals surface area contributed by atoms with Crippen molar-refractivity contribution in [3.8, 4) is 0 Å². The Morgan fingerprint density at radius 1 is 1.67 bits per heavy atom. The highest BCUT2D eigenvalue weighted by Crippen LogP contribution is 2.28. The monoisotopic (exact) mass is 280 g/mol. The fourth-order valence-electron chi connectivity index (χ4n) is 1.15. The van der Waals surface area contributed by atoms with Gasteiger partial charge in [-0.15, -0.1) is 0 Å². The molecule has 0 aliphatic rings. The van der Waals surface area contributed by atoms with Gasteiger partial charge in [0.15, 0.2) is 0 Å². The molecule has 1 aromatic rings. The summed E-state index contributed by atoms with van der Waals surface area (Å²) in [6.45, 7) is -0.171. The van der Waals surface area contributed by atoms with E-state index in [-0.39, 0.29) is 16.7 Å². The number of aromatic nitrogens is 1. The number of aromatic carboxylic acids is 1. The molecular formula is C8H7BrF2N2O2. The van der Waals surface area contributed by atoms with E-state index in [0.29, 0.717) is 0 Å². The summed E-state index contributed by atoms with van der Waals surface area (Å²) in [6, 6.07) is 0. The third-order valence-electron chi connectivity index (χ3n) is 1.81. The van der Waals surface area contributed by atoms with E-state index in [1.54, 1.807) is 0 Å². The maximum absolute atomic E-state index is 12.5. The SMILES string of the molecule is NCc1c(Br)ncc(C(F)F)c1C(=O)O. The Hall–Kier alpha value is -1.08. The fourth-order valence-corrected chi connectivity index (χ4v) is 1.61. The highest BCUT2D eigenvalue weighted by Gasteiger charge is 2.23. The van der Waals surface area contributed by atoms with E-state index in [2.05, 4.69) is 20.9 Å². The van der Waals surface area contributed by atoms with Gasteiger partial charge in [-0.3, -0.25) is 0 Å². The summed E-state index contributed by atoms with van der Waals surface area (Å²) < 4.78 is 25.1. The molecule has 0 aliphatic heterocycles. The molecule has 0 saturated heterocycles. The molecule has 0 atom stereocenters. The number of nitrogens with zero attached hydrogens (tertiary/aromatic N) is 1. The van der Waals surface area contributed by atoms with Gasteiger partial charge >= 0.3 is 5.97 Å². The van der Waals surface area contributed by atoms with E-state index in [1.807, 2.05) is 0 Å². The molecule has 1 aromatic heterocycles. The minimum absolute atomic E-state index is 0.0697. The number of hydrogen-bond acceptors (Lipinski definition) is 3. The fraction of sp³-hybridized carbons (Fsp3) is 0.250. The Balaban J connectivity index is 3.49. The number of hydrogen-bond donors (Lipinski definition) is 2. The molecule has 0 bridgehead atoms. The number of nitrogens with two attached hydrogens (primary N) is 1. The molecule has 4 nitrogen and oxygen atoms in total. The number of rotatable bonds is 3. The molecule has 1 heterocycles. The summed E-state index contributed by atoms with van der Waals surface area (Å²) in [5.74, 6) is -1.44. The van der Waals surface area contributed by atoms with Gasteiger partial charge in [-0.1, -0.05) is 0 Å². The molecule has 0 aromatic carbocycles. The standard InChI is InChI=1S/C8H7BrF2N2O2/c9-6-3(1-12)5(8(14)15)4(2-13-6)7(10)11/h2,7H,1,12H2,(H,14,15). The van der Waals surface area contributed by atoms with Crippen LogP contribution in [-0.4, -0.2) is 16.1 Å². The van der Waals surface area contributed by atoms with Crippen LogP contribution < -0.4 is 5.73 Å². The van der Waals surface area contributed by atoms with Crippen molar-refractivity contribution in [1.82, 2.24) is 4.98 Å². The zero-order valence-electron chi connectivity index (χ0n) is 7.38. The van der Waals surface area contributed by atoms with Crippen molar-refractivity contribution >= 4 is 21.9 Å². The van der Waals surface area contributed by atoms with E-state index in [0.717, 1.165) is 6.20 Å². The predicted molar refractivity (Wildman–Crippen MR) is 51.7 cm³/mol. The summed E-state index contributed by atoms with van der Waals surface area (Å²) in [4.78, 5) is 14.4. The van der Waals surface area contributed by atoms with Crippen molar-refractivity contribution < 1.29 is 18.7 Å². The third kappa shape index (κ3) is 2.29. The zero-order chi connectivity index (χ0) is 11.6. The summed E-state index contributed by atoms with van der Waals surface area (Å²) in [5.41, 5.74) is 4.25. The molecule has 15 heavy (non-hydrogen) atoms. The first kappa shape index (κ1) is 12.0. The lowest BCUT2D eigenvalue weighted by Gasteiger charge is -2.10. The Morgan fingerprint density at radius 3 is 2.67 bits per heavy atom. The Morgan fingerprint density at radius 2 is 2.27 bits per heavy atom.